The molecule has 0 bridgehead atoms. The Bertz CT molecular complexity index is 945. The molecule has 0 radical (unpaired) electrons. The lowest BCUT2D eigenvalue weighted by atomic mass is 9.78. The highest BCUT2D eigenvalue weighted by Crippen LogP contribution is 2.48. The lowest BCUT2D eigenvalue weighted by Gasteiger charge is -2.40. The van der Waals surface area contributed by atoms with Gasteiger partial charge in [-0.15, -0.1) is 0 Å². The summed E-state index contributed by atoms with van der Waals surface area (Å²) in [5, 5.41) is 10.4. The molecule has 1 saturated heterocycles. The second kappa shape index (κ2) is 8.81. The number of aliphatic hydroxyl groups is 1. The van der Waals surface area contributed by atoms with E-state index in [9.17, 15) is 13.5 Å². The summed E-state index contributed by atoms with van der Waals surface area (Å²) in [7, 11) is -2.08. The summed E-state index contributed by atoms with van der Waals surface area (Å²) in [5.41, 5.74) is 0.550. The summed E-state index contributed by atoms with van der Waals surface area (Å²) in [6.07, 6.45) is 1.76. The summed E-state index contributed by atoms with van der Waals surface area (Å²) in [6, 6.07) is 16.7. The molecule has 7 heteroatoms. The Morgan fingerprint density at radius 1 is 1.21 bits per heavy atom. The number of methoxy groups -OCH3 is 1. The maximum Gasteiger partial charge on any atom is 0.219 e. The van der Waals surface area contributed by atoms with Gasteiger partial charge in [-0.25, -0.2) is 8.42 Å². The Morgan fingerprint density at radius 3 is 2.41 bits per heavy atom. The van der Waals surface area contributed by atoms with E-state index in [0.717, 1.165) is 16.9 Å². The Labute approximate surface area is 178 Å². The van der Waals surface area contributed by atoms with E-state index < -0.39 is 15.6 Å². The fourth-order valence-corrected chi connectivity index (χ4v) is 6.80. The van der Waals surface area contributed by atoms with Crippen LogP contribution in [0.4, 0.5) is 0 Å². The van der Waals surface area contributed by atoms with Gasteiger partial charge in [-0.3, -0.25) is 0 Å². The molecule has 3 rings (SSSR count). The second-order valence-electron chi connectivity index (χ2n) is 7.41. The van der Waals surface area contributed by atoms with E-state index in [1.165, 1.54) is 4.31 Å². The largest absolute Gasteiger partial charge is 0.501 e. The monoisotopic (exact) mass is 433 g/mol. The van der Waals surface area contributed by atoms with Crippen LogP contribution < -0.4 is 4.74 Å². The lowest BCUT2D eigenvalue weighted by molar-refractivity contribution is 0.255. The van der Waals surface area contributed by atoms with Crippen molar-refractivity contribution in [1.29, 1.82) is 0 Å². The lowest BCUT2D eigenvalue weighted by Crippen LogP contribution is -2.55. The number of hydrogen-bond donors (Lipinski definition) is 1. The van der Waals surface area contributed by atoms with Crippen molar-refractivity contribution >= 4 is 27.3 Å². The predicted molar refractivity (Wildman–Crippen MR) is 119 cm³/mol. The molecule has 1 N–H and O–H groups in total. The molecule has 1 aliphatic rings. The molecule has 0 amide bonds. The first-order chi connectivity index (χ1) is 13.8. The fourth-order valence-electron chi connectivity index (χ4n) is 4.43. The first kappa shape index (κ1) is 21.7. The van der Waals surface area contributed by atoms with E-state index in [2.05, 4.69) is 0 Å². The number of nitrogens with zero attached hydrogens (tertiary/aromatic N) is 1. The van der Waals surface area contributed by atoms with Gasteiger partial charge in [-0.1, -0.05) is 55.8 Å². The number of benzene rings is 2. The van der Waals surface area contributed by atoms with Crippen molar-refractivity contribution in [3.8, 4) is 5.75 Å². The van der Waals surface area contributed by atoms with Crippen molar-refractivity contribution in [2.24, 2.45) is 0 Å². The average Bonchev–Trinajstić information content (AvgIpc) is 3.10. The molecule has 1 aliphatic heterocycles. The van der Waals surface area contributed by atoms with Crippen LogP contribution in [-0.4, -0.2) is 42.1 Å². The number of sulfonamides is 1. The van der Waals surface area contributed by atoms with Crippen LogP contribution in [0.5, 0.6) is 5.75 Å². The van der Waals surface area contributed by atoms with Gasteiger partial charge in [0.25, 0.3) is 0 Å². The molecular weight excluding hydrogens is 406 g/mol. The normalized spacial score (nSPS) is 22.5. The van der Waals surface area contributed by atoms with Crippen LogP contribution in [0, 0.1) is 0 Å². The third-order valence-electron chi connectivity index (χ3n) is 5.69. The number of ether oxygens (including phenoxy) is 1. The van der Waals surface area contributed by atoms with Gasteiger partial charge in [-0.2, -0.15) is 4.31 Å². The molecule has 29 heavy (non-hydrogen) atoms. The highest BCUT2D eigenvalue weighted by molar-refractivity contribution is 7.88. The van der Waals surface area contributed by atoms with Crippen LogP contribution in [0.3, 0.4) is 0 Å². The van der Waals surface area contributed by atoms with Gasteiger partial charge in [0.2, 0.25) is 10.0 Å². The maximum absolute atomic E-state index is 13.4. The average molecular weight is 434 g/mol. The van der Waals surface area contributed by atoms with Crippen molar-refractivity contribution in [3.63, 3.8) is 0 Å². The molecule has 156 valence electrons. The summed E-state index contributed by atoms with van der Waals surface area (Å²) in [5.74, 6) is 0.404. The van der Waals surface area contributed by atoms with Crippen molar-refractivity contribution in [1.82, 2.24) is 4.31 Å². The molecule has 1 unspecified atom stereocenters. The smallest absolute Gasteiger partial charge is 0.219 e. The van der Waals surface area contributed by atoms with E-state index in [1.54, 1.807) is 19.2 Å². The quantitative estimate of drug-likeness (QED) is 0.624. The van der Waals surface area contributed by atoms with Crippen LogP contribution in [-0.2, 0) is 15.8 Å². The molecule has 1 fully saturated rings. The molecule has 5 nitrogen and oxygen atoms in total. The first-order valence-corrected chi connectivity index (χ1v) is 11.8. The van der Waals surface area contributed by atoms with Crippen molar-refractivity contribution in [2.45, 2.75) is 43.4 Å². The summed E-state index contributed by atoms with van der Waals surface area (Å²) in [6.45, 7) is 2.30. The minimum absolute atomic E-state index is 0.114. The molecule has 0 saturated carbocycles. The van der Waals surface area contributed by atoms with Crippen LogP contribution in [0.25, 0.3) is 0 Å². The number of rotatable bonds is 8. The highest BCUT2D eigenvalue weighted by Gasteiger charge is 2.56. The van der Waals surface area contributed by atoms with E-state index in [-0.39, 0.29) is 16.7 Å². The summed E-state index contributed by atoms with van der Waals surface area (Å²) >= 11 is 5.29. The zero-order valence-electron chi connectivity index (χ0n) is 16.7. The van der Waals surface area contributed by atoms with Crippen molar-refractivity contribution in [3.05, 3.63) is 65.7 Å². The second-order valence-corrected chi connectivity index (χ2v) is 9.69. The molecule has 0 spiro atoms. The topological polar surface area (TPSA) is 66.8 Å². The first-order valence-electron chi connectivity index (χ1n) is 9.77. The van der Waals surface area contributed by atoms with E-state index in [4.69, 9.17) is 17.0 Å². The number of thiocarbonyl (C=S) groups is 1. The zero-order chi connectivity index (χ0) is 21.1. The van der Waals surface area contributed by atoms with Gasteiger partial charge in [-0.05, 0) is 48.3 Å². The molecule has 0 aliphatic carbocycles. The van der Waals surface area contributed by atoms with Gasteiger partial charge in [0.05, 0.1) is 12.9 Å². The Balaban J connectivity index is 2.03. The summed E-state index contributed by atoms with van der Waals surface area (Å²) in [4.78, 5) is 0. The molecule has 0 aromatic heterocycles. The number of hydrogen-bond acceptors (Lipinski definition) is 4. The Kier molecular flexibility index (Phi) is 6.61. The molecular formula is C22H27NO4S2. The van der Waals surface area contributed by atoms with Crippen LogP contribution in [0.15, 0.2) is 54.6 Å². The van der Waals surface area contributed by atoms with Gasteiger partial charge in [0.1, 0.15) is 11.3 Å². The van der Waals surface area contributed by atoms with Crippen molar-refractivity contribution < 1.29 is 18.3 Å². The fraction of sp³-hybridized carbons (Fsp3) is 0.409. The van der Waals surface area contributed by atoms with Crippen LogP contribution in [0.1, 0.15) is 43.2 Å². The molecule has 2 aromatic rings. The van der Waals surface area contributed by atoms with Crippen LogP contribution in [0.2, 0.25) is 0 Å². The third-order valence-corrected chi connectivity index (χ3v) is 7.92. The van der Waals surface area contributed by atoms with E-state index in [1.807, 2.05) is 49.4 Å². The van der Waals surface area contributed by atoms with E-state index >= 15 is 0 Å². The molecule has 1 heterocycles. The third kappa shape index (κ3) is 4.17. The SMILES string of the molecule is CCC[C@@]1(C(O)=S)C(c2ccc(OC)cc2)CCN1S(=O)(=O)Cc1ccccc1. The molecule has 2 aromatic carbocycles. The Hall–Kier alpha value is -1.96. The summed E-state index contributed by atoms with van der Waals surface area (Å²) < 4.78 is 33.5. The van der Waals surface area contributed by atoms with E-state index in [0.29, 0.717) is 25.8 Å². The van der Waals surface area contributed by atoms with Gasteiger partial charge in [0.15, 0.2) is 5.05 Å². The maximum atomic E-state index is 13.4. The minimum Gasteiger partial charge on any atom is -0.501 e. The van der Waals surface area contributed by atoms with Crippen LogP contribution >= 0.6 is 12.2 Å². The predicted octanol–water partition coefficient (Wildman–Crippen LogP) is 4.44. The standard InChI is InChI=1S/C22H27NO4S2/c1-3-14-22(21(24)28)20(18-9-11-19(27-2)12-10-18)13-15-23(22)29(25,26)16-17-7-5-4-6-8-17/h4-12,20H,3,13-16H2,1-2H3,(H,24,28)/t20?,22-/m0/s1. The van der Waals surface area contributed by atoms with Crippen molar-refractivity contribution in [2.75, 3.05) is 13.7 Å². The van der Waals surface area contributed by atoms with Gasteiger partial charge in [0, 0.05) is 12.5 Å². The zero-order valence-corrected chi connectivity index (χ0v) is 18.4. The Morgan fingerprint density at radius 2 is 1.86 bits per heavy atom. The molecule has 2 atom stereocenters. The number of aliphatic hydroxyl groups excluding tert-OH is 1. The minimum atomic E-state index is -3.68. The van der Waals surface area contributed by atoms with Gasteiger partial charge >= 0.3 is 0 Å². The van der Waals surface area contributed by atoms with Gasteiger partial charge < -0.3 is 9.84 Å². The highest BCUT2D eigenvalue weighted by atomic mass is 32.2.